The standard InChI is InChI=1S/C13H23NO3/c1-10(2)14(9-6-11(15)16)12(17)13(3)7-4-5-8-13/h10H,4-9H2,1-3H3,(H,15,16). The molecule has 0 radical (unpaired) electrons. The number of hydrogen-bond acceptors (Lipinski definition) is 2. The fourth-order valence-electron chi connectivity index (χ4n) is 2.53. The first-order chi connectivity index (χ1) is 7.87. The second-order valence-electron chi connectivity index (χ2n) is 5.50. The molecule has 1 saturated carbocycles. The summed E-state index contributed by atoms with van der Waals surface area (Å²) >= 11 is 0. The van der Waals surface area contributed by atoms with E-state index in [1.165, 1.54) is 0 Å². The Morgan fingerprint density at radius 3 is 2.24 bits per heavy atom. The highest BCUT2D eigenvalue weighted by Gasteiger charge is 2.39. The Morgan fingerprint density at radius 1 is 1.29 bits per heavy atom. The molecule has 4 heteroatoms. The summed E-state index contributed by atoms with van der Waals surface area (Å²) in [5, 5.41) is 8.72. The lowest BCUT2D eigenvalue weighted by atomic mass is 9.86. The Hall–Kier alpha value is -1.06. The molecule has 1 N–H and O–H groups in total. The molecule has 1 aliphatic carbocycles. The fraction of sp³-hybridized carbons (Fsp3) is 0.846. The van der Waals surface area contributed by atoms with Gasteiger partial charge in [0.1, 0.15) is 0 Å². The maximum absolute atomic E-state index is 12.5. The highest BCUT2D eigenvalue weighted by atomic mass is 16.4. The molecular weight excluding hydrogens is 218 g/mol. The lowest BCUT2D eigenvalue weighted by Crippen LogP contribution is -2.45. The minimum absolute atomic E-state index is 0.0278. The Bertz CT molecular complexity index is 293. The maximum Gasteiger partial charge on any atom is 0.305 e. The van der Waals surface area contributed by atoms with E-state index in [0.29, 0.717) is 6.54 Å². The van der Waals surface area contributed by atoms with E-state index < -0.39 is 5.97 Å². The topological polar surface area (TPSA) is 57.6 Å². The Balaban J connectivity index is 2.69. The van der Waals surface area contributed by atoms with Crippen molar-refractivity contribution in [3.63, 3.8) is 0 Å². The van der Waals surface area contributed by atoms with Gasteiger partial charge in [0.15, 0.2) is 0 Å². The molecule has 0 unspecified atom stereocenters. The zero-order valence-corrected chi connectivity index (χ0v) is 11.0. The van der Waals surface area contributed by atoms with Crippen LogP contribution in [0.4, 0.5) is 0 Å². The normalized spacial score (nSPS) is 18.4. The van der Waals surface area contributed by atoms with Crippen molar-refractivity contribution in [3.8, 4) is 0 Å². The minimum atomic E-state index is -0.847. The molecular formula is C13H23NO3. The molecule has 0 aliphatic heterocycles. The molecule has 0 spiro atoms. The molecule has 0 heterocycles. The number of hydrogen-bond donors (Lipinski definition) is 1. The van der Waals surface area contributed by atoms with Crippen LogP contribution < -0.4 is 0 Å². The van der Waals surface area contributed by atoms with Crippen molar-refractivity contribution >= 4 is 11.9 Å². The molecule has 0 atom stereocenters. The van der Waals surface area contributed by atoms with Crippen LogP contribution in [0, 0.1) is 5.41 Å². The van der Waals surface area contributed by atoms with E-state index >= 15 is 0 Å². The third-order valence-corrected chi connectivity index (χ3v) is 3.67. The summed E-state index contributed by atoms with van der Waals surface area (Å²) < 4.78 is 0. The first-order valence-electron chi connectivity index (χ1n) is 6.40. The highest BCUT2D eigenvalue weighted by Crippen LogP contribution is 2.39. The average Bonchev–Trinajstić information content (AvgIpc) is 2.65. The van der Waals surface area contributed by atoms with Gasteiger partial charge in [-0.3, -0.25) is 9.59 Å². The number of carboxylic acid groups (broad SMARTS) is 1. The van der Waals surface area contributed by atoms with Gasteiger partial charge in [-0.2, -0.15) is 0 Å². The van der Waals surface area contributed by atoms with Crippen LogP contribution in [0.5, 0.6) is 0 Å². The second-order valence-corrected chi connectivity index (χ2v) is 5.50. The zero-order chi connectivity index (χ0) is 13.1. The summed E-state index contributed by atoms with van der Waals surface area (Å²) in [7, 11) is 0. The summed E-state index contributed by atoms with van der Waals surface area (Å²) in [6.45, 7) is 6.22. The van der Waals surface area contributed by atoms with Crippen molar-refractivity contribution in [1.29, 1.82) is 0 Å². The van der Waals surface area contributed by atoms with Crippen molar-refractivity contribution in [2.24, 2.45) is 5.41 Å². The van der Waals surface area contributed by atoms with Gasteiger partial charge < -0.3 is 10.0 Å². The monoisotopic (exact) mass is 241 g/mol. The zero-order valence-electron chi connectivity index (χ0n) is 11.0. The molecule has 0 aromatic carbocycles. The van der Waals surface area contributed by atoms with Gasteiger partial charge in [-0.1, -0.05) is 19.8 Å². The van der Waals surface area contributed by atoms with Gasteiger partial charge >= 0.3 is 5.97 Å². The average molecular weight is 241 g/mol. The molecule has 0 saturated heterocycles. The first-order valence-corrected chi connectivity index (χ1v) is 6.40. The summed E-state index contributed by atoms with van der Waals surface area (Å²) in [6, 6.07) is 0.0688. The van der Waals surface area contributed by atoms with Crippen LogP contribution in [-0.2, 0) is 9.59 Å². The van der Waals surface area contributed by atoms with Crippen LogP contribution in [0.3, 0.4) is 0 Å². The summed E-state index contributed by atoms with van der Waals surface area (Å²) in [5.74, 6) is -0.716. The number of carboxylic acids is 1. The summed E-state index contributed by atoms with van der Waals surface area (Å²) in [6.07, 6.45) is 4.10. The van der Waals surface area contributed by atoms with Crippen LogP contribution >= 0.6 is 0 Å². The quantitative estimate of drug-likeness (QED) is 0.803. The van der Waals surface area contributed by atoms with Crippen LogP contribution in [0.1, 0.15) is 52.9 Å². The van der Waals surface area contributed by atoms with Crippen molar-refractivity contribution in [1.82, 2.24) is 4.90 Å². The van der Waals surface area contributed by atoms with E-state index in [9.17, 15) is 9.59 Å². The molecule has 1 amide bonds. The van der Waals surface area contributed by atoms with E-state index in [1.54, 1.807) is 4.90 Å². The van der Waals surface area contributed by atoms with Gasteiger partial charge in [0, 0.05) is 18.0 Å². The lowest BCUT2D eigenvalue weighted by Gasteiger charge is -2.34. The highest BCUT2D eigenvalue weighted by molar-refractivity contribution is 5.83. The molecule has 1 fully saturated rings. The maximum atomic E-state index is 12.5. The van der Waals surface area contributed by atoms with E-state index in [2.05, 4.69) is 0 Å². The van der Waals surface area contributed by atoms with Gasteiger partial charge in [0.05, 0.1) is 6.42 Å². The molecule has 0 aromatic heterocycles. The molecule has 1 rings (SSSR count). The predicted octanol–water partition coefficient (Wildman–Crippen LogP) is 2.28. The van der Waals surface area contributed by atoms with Gasteiger partial charge in [-0.25, -0.2) is 0 Å². The number of nitrogens with zero attached hydrogens (tertiary/aromatic N) is 1. The van der Waals surface area contributed by atoms with E-state index in [0.717, 1.165) is 25.7 Å². The van der Waals surface area contributed by atoms with Gasteiger partial charge in [-0.15, -0.1) is 0 Å². The smallest absolute Gasteiger partial charge is 0.305 e. The number of aliphatic carboxylic acids is 1. The lowest BCUT2D eigenvalue weighted by molar-refractivity contribution is -0.144. The number of rotatable bonds is 5. The largest absolute Gasteiger partial charge is 0.481 e. The number of carbonyl (C=O) groups excluding carboxylic acids is 1. The summed E-state index contributed by atoms with van der Waals surface area (Å²) in [4.78, 5) is 24.8. The molecule has 98 valence electrons. The van der Waals surface area contributed by atoms with Crippen molar-refractivity contribution < 1.29 is 14.7 Å². The van der Waals surface area contributed by atoms with Crippen molar-refractivity contribution in [2.75, 3.05) is 6.54 Å². The minimum Gasteiger partial charge on any atom is -0.481 e. The second kappa shape index (κ2) is 5.52. The van der Waals surface area contributed by atoms with E-state index in [1.807, 2.05) is 20.8 Å². The van der Waals surface area contributed by atoms with Crippen molar-refractivity contribution in [2.45, 2.75) is 58.9 Å². The SMILES string of the molecule is CC(C)N(CCC(=O)O)C(=O)C1(C)CCCC1. The van der Waals surface area contributed by atoms with Crippen molar-refractivity contribution in [3.05, 3.63) is 0 Å². The Kier molecular flexibility index (Phi) is 4.54. The van der Waals surface area contributed by atoms with E-state index in [4.69, 9.17) is 5.11 Å². The number of carbonyl (C=O) groups is 2. The van der Waals surface area contributed by atoms with Crippen LogP contribution in [0.25, 0.3) is 0 Å². The van der Waals surface area contributed by atoms with Gasteiger partial charge in [0.2, 0.25) is 5.91 Å². The van der Waals surface area contributed by atoms with Gasteiger partial charge in [-0.05, 0) is 26.7 Å². The molecule has 1 aliphatic rings. The number of amides is 1. The van der Waals surface area contributed by atoms with Gasteiger partial charge in [0.25, 0.3) is 0 Å². The first kappa shape index (κ1) is 14.0. The predicted molar refractivity (Wildman–Crippen MR) is 65.7 cm³/mol. The molecule has 0 bridgehead atoms. The third kappa shape index (κ3) is 3.45. The summed E-state index contributed by atoms with van der Waals surface area (Å²) in [5.41, 5.74) is -0.261. The molecule has 0 aromatic rings. The van der Waals surface area contributed by atoms with Crippen LogP contribution in [0.15, 0.2) is 0 Å². The third-order valence-electron chi connectivity index (χ3n) is 3.67. The van der Waals surface area contributed by atoms with Crippen LogP contribution in [0.2, 0.25) is 0 Å². The van der Waals surface area contributed by atoms with E-state index in [-0.39, 0.29) is 23.8 Å². The molecule has 4 nitrogen and oxygen atoms in total. The molecule has 17 heavy (non-hydrogen) atoms. The Labute approximate surface area is 103 Å². The Morgan fingerprint density at radius 2 is 1.82 bits per heavy atom. The van der Waals surface area contributed by atoms with Crippen LogP contribution in [-0.4, -0.2) is 34.5 Å². The fourth-order valence-corrected chi connectivity index (χ4v) is 2.53.